The van der Waals surface area contributed by atoms with Gasteiger partial charge in [-0.3, -0.25) is 19.4 Å². The van der Waals surface area contributed by atoms with E-state index in [2.05, 4.69) is 41.8 Å². The van der Waals surface area contributed by atoms with Crippen LogP contribution in [0.15, 0.2) is 42.5 Å². The predicted molar refractivity (Wildman–Crippen MR) is 107 cm³/mol. The molecule has 2 aliphatic rings. The largest absolute Gasteiger partial charge is 0.369 e. The third-order valence-corrected chi connectivity index (χ3v) is 5.82. The standard InChI is InChI=1S/C22H25N3O2/c1-15-7-6-10-19(16(15)2)23-11-13-24(14-12-23)22-21(27)18-8-4-5-9-20(18)25(22)17(3)26/h4-10,22H,11-14H2,1-3H3/t22-/m1/s1. The van der Waals surface area contributed by atoms with Gasteiger partial charge in [0.05, 0.1) is 5.69 Å². The van der Waals surface area contributed by atoms with Crippen molar-refractivity contribution in [3.05, 3.63) is 59.2 Å². The molecule has 0 aromatic heterocycles. The van der Waals surface area contributed by atoms with Gasteiger partial charge in [0.25, 0.3) is 0 Å². The van der Waals surface area contributed by atoms with Gasteiger partial charge >= 0.3 is 0 Å². The minimum absolute atomic E-state index is 0.0287. The lowest BCUT2D eigenvalue weighted by Crippen LogP contribution is -2.58. The summed E-state index contributed by atoms with van der Waals surface area (Å²) >= 11 is 0. The lowest BCUT2D eigenvalue weighted by Gasteiger charge is -2.41. The first kappa shape index (κ1) is 17.7. The van der Waals surface area contributed by atoms with E-state index in [0.29, 0.717) is 5.56 Å². The number of anilines is 2. The van der Waals surface area contributed by atoms with Crippen molar-refractivity contribution >= 4 is 23.1 Å². The smallest absolute Gasteiger partial charge is 0.225 e. The highest BCUT2D eigenvalue weighted by atomic mass is 16.2. The van der Waals surface area contributed by atoms with Gasteiger partial charge in [-0.05, 0) is 43.2 Å². The maximum atomic E-state index is 13.0. The number of hydrogen-bond acceptors (Lipinski definition) is 4. The van der Waals surface area contributed by atoms with E-state index in [1.165, 1.54) is 23.7 Å². The van der Waals surface area contributed by atoms with Crippen LogP contribution in [-0.4, -0.2) is 48.9 Å². The zero-order valence-electron chi connectivity index (χ0n) is 16.1. The van der Waals surface area contributed by atoms with Crippen LogP contribution >= 0.6 is 0 Å². The van der Waals surface area contributed by atoms with Crippen LogP contribution < -0.4 is 9.80 Å². The first-order valence-electron chi connectivity index (χ1n) is 9.47. The Balaban J connectivity index is 1.55. The van der Waals surface area contributed by atoms with Gasteiger partial charge in [0.15, 0.2) is 6.17 Å². The first-order chi connectivity index (χ1) is 13.0. The van der Waals surface area contributed by atoms with Crippen molar-refractivity contribution in [3.63, 3.8) is 0 Å². The number of carbonyl (C=O) groups is 2. The number of nitrogens with zero attached hydrogens (tertiary/aromatic N) is 3. The SMILES string of the molecule is CC(=O)N1c2ccccc2C(=O)[C@@H]1N1CCN(c2cccc(C)c2C)CC1. The van der Waals surface area contributed by atoms with Gasteiger partial charge in [0.1, 0.15) is 0 Å². The van der Waals surface area contributed by atoms with Crippen molar-refractivity contribution in [2.45, 2.75) is 26.9 Å². The van der Waals surface area contributed by atoms with E-state index in [0.717, 1.165) is 31.9 Å². The number of piperazine rings is 1. The van der Waals surface area contributed by atoms with Gasteiger partial charge in [-0.25, -0.2) is 0 Å². The molecule has 140 valence electrons. The predicted octanol–water partition coefficient (Wildman–Crippen LogP) is 3.00. The molecule has 0 N–H and O–H groups in total. The average molecular weight is 363 g/mol. The first-order valence-corrected chi connectivity index (χ1v) is 9.47. The third-order valence-electron chi connectivity index (χ3n) is 5.82. The average Bonchev–Trinajstić information content (AvgIpc) is 2.97. The normalized spacial score (nSPS) is 20.1. The Kier molecular flexibility index (Phi) is 4.48. The summed E-state index contributed by atoms with van der Waals surface area (Å²) in [5.74, 6) is -0.0590. The van der Waals surface area contributed by atoms with E-state index < -0.39 is 6.17 Å². The van der Waals surface area contributed by atoms with Gasteiger partial charge in [0, 0.05) is 44.4 Å². The number of carbonyl (C=O) groups excluding carboxylic acids is 2. The lowest BCUT2D eigenvalue weighted by atomic mass is 10.1. The van der Waals surface area contributed by atoms with Crippen molar-refractivity contribution in [1.29, 1.82) is 0 Å². The fourth-order valence-electron chi connectivity index (χ4n) is 4.24. The topological polar surface area (TPSA) is 43.9 Å². The number of fused-ring (bicyclic) bond motifs is 1. The molecule has 0 radical (unpaired) electrons. The number of Topliss-reactive ketones (excluding diaryl/α,β-unsaturated/α-hetero) is 1. The molecule has 0 bridgehead atoms. The van der Waals surface area contributed by atoms with E-state index in [1.807, 2.05) is 24.3 Å². The fourth-order valence-corrected chi connectivity index (χ4v) is 4.24. The number of hydrogen-bond donors (Lipinski definition) is 0. The molecule has 0 saturated carbocycles. The van der Waals surface area contributed by atoms with Crippen LogP contribution in [0.2, 0.25) is 0 Å². The Morgan fingerprint density at radius 3 is 2.30 bits per heavy atom. The summed E-state index contributed by atoms with van der Waals surface area (Å²) in [4.78, 5) is 31.5. The third kappa shape index (κ3) is 2.92. The van der Waals surface area contributed by atoms with E-state index in [-0.39, 0.29) is 11.7 Å². The number of aryl methyl sites for hydroxylation is 1. The van der Waals surface area contributed by atoms with E-state index in [9.17, 15) is 9.59 Å². The molecule has 0 unspecified atom stereocenters. The second-order valence-corrected chi connectivity index (χ2v) is 7.39. The molecule has 1 amide bonds. The van der Waals surface area contributed by atoms with E-state index >= 15 is 0 Å². The Bertz CT molecular complexity index is 900. The van der Waals surface area contributed by atoms with Crippen LogP contribution in [0.5, 0.6) is 0 Å². The van der Waals surface area contributed by atoms with Crippen LogP contribution in [0.1, 0.15) is 28.4 Å². The number of para-hydroxylation sites is 1. The minimum atomic E-state index is -0.513. The van der Waals surface area contributed by atoms with Gasteiger partial charge < -0.3 is 4.90 Å². The Hall–Kier alpha value is -2.66. The molecule has 4 rings (SSSR count). The van der Waals surface area contributed by atoms with Crippen molar-refractivity contribution in [2.24, 2.45) is 0 Å². The molecule has 0 spiro atoms. The zero-order valence-corrected chi connectivity index (χ0v) is 16.1. The number of amides is 1. The maximum Gasteiger partial charge on any atom is 0.225 e. The van der Waals surface area contributed by atoms with Crippen LogP contribution in [0, 0.1) is 13.8 Å². The number of benzene rings is 2. The molecular weight excluding hydrogens is 338 g/mol. The van der Waals surface area contributed by atoms with Crippen LogP contribution in [0.3, 0.4) is 0 Å². The van der Waals surface area contributed by atoms with Crippen molar-refractivity contribution in [2.75, 3.05) is 36.0 Å². The zero-order chi connectivity index (χ0) is 19.1. The molecule has 1 saturated heterocycles. The van der Waals surface area contributed by atoms with Crippen LogP contribution in [-0.2, 0) is 4.79 Å². The maximum absolute atomic E-state index is 13.0. The molecule has 1 atom stereocenters. The summed E-state index contributed by atoms with van der Waals surface area (Å²) in [7, 11) is 0. The molecule has 2 aromatic rings. The second-order valence-electron chi connectivity index (χ2n) is 7.39. The summed E-state index contributed by atoms with van der Waals surface area (Å²) in [6.45, 7) is 9.02. The Morgan fingerprint density at radius 1 is 0.926 bits per heavy atom. The molecule has 2 aliphatic heterocycles. The number of rotatable bonds is 2. The molecular formula is C22H25N3O2. The van der Waals surface area contributed by atoms with E-state index in [4.69, 9.17) is 0 Å². The quantitative estimate of drug-likeness (QED) is 0.823. The van der Waals surface area contributed by atoms with Crippen molar-refractivity contribution in [1.82, 2.24) is 4.90 Å². The summed E-state index contributed by atoms with van der Waals surface area (Å²) in [5, 5.41) is 0. The van der Waals surface area contributed by atoms with Crippen molar-refractivity contribution < 1.29 is 9.59 Å². The molecule has 5 nitrogen and oxygen atoms in total. The Morgan fingerprint density at radius 2 is 1.59 bits per heavy atom. The Labute approximate surface area is 160 Å². The van der Waals surface area contributed by atoms with Gasteiger partial charge in [-0.1, -0.05) is 24.3 Å². The highest BCUT2D eigenvalue weighted by Gasteiger charge is 2.43. The highest BCUT2D eigenvalue weighted by molar-refractivity contribution is 6.17. The van der Waals surface area contributed by atoms with Gasteiger partial charge in [-0.15, -0.1) is 0 Å². The summed E-state index contributed by atoms with van der Waals surface area (Å²) in [5.41, 5.74) is 5.24. The van der Waals surface area contributed by atoms with E-state index in [1.54, 1.807) is 4.90 Å². The summed E-state index contributed by atoms with van der Waals surface area (Å²) in [6.07, 6.45) is -0.513. The molecule has 5 heteroatoms. The fraction of sp³-hybridized carbons (Fsp3) is 0.364. The lowest BCUT2D eigenvalue weighted by molar-refractivity contribution is -0.117. The minimum Gasteiger partial charge on any atom is -0.369 e. The summed E-state index contributed by atoms with van der Waals surface area (Å²) < 4.78 is 0. The second kappa shape index (κ2) is 6.82. The van der Waals surface area contributed by atoms with Gasteiger partial charge in [0.2, 0.25) is 11.7 Å². The van der Waals surface area contributed by atoms with Crippen molar-refractivity contribution in [3.8, 4) is 0 Å². The molecule has 2 aromatic carbocycles. The monoisotopic (exact) mass is 363 g/mol. The highest BCUT2D eigenvalue weighted by Crippen LogP contribution is 2.34. The van der Waals surface area contributed by atoms with Gasteiger partial charge in [-0.2, -0.15) is 0 Å². The summed E-state index contributed by atoms with van der Waals surface area (Å²) in [6, 6.07) is 13.8. The molecule has 27 heavy (non-hydrogen) atoms. The van der Waals surface area contributed by atoms with Crippen LogP contribution in [0.4, 0.5) is 11.4 Å². The van der Waals surface area contributed by atoms with Crippen LogP contribution in [0.25, 0.3) is 0 Å². The molecule has 2 heterocycles. The number of ketones is 1. The molecule has 0 aliphatic carbocycles. The molecule has 1 fully saturated rings.